The van der Waals surface area contributed by atoms with Gasteiger partial charge >= 0.3 is 0 Å². The first-order valence-corrected chi connectivity index (χ1v) is 9.10. The van der Waals surface area contributed by atoms with Crippen LogP contribution in [0.5, 0.6) is 0 Å². The number of aryl methyl sites for hydroxylation is 2. The number of nitrogens with two attached hydrogens (primary N) is 1. The average molecular weight is 314 g/mol. The molecule has 0 atom stereocenters. The Bertz CT molecular complexity index is 584. The maximum absolute atomic E-state index is 13.0. The zero-order valence-corrected chi connectivity index (χ0v) is 14.0. The summed E-state index contributed by atoms with van der Waals surface area (Å²) < 4.78 is 33.0. The normalized spacial score (nSPS) is 18.1. The van der Waals surface area contributed by atoms with Gasteiger partial charge in [-0.1, -0.05) is 25.7 Å². The molecule has 0 radical (unpaired) electrons. The van der Waals surface area contributed by atoms with Crippen LogP contribution in [0.2, 0.25) is 0 Å². The third-order valence-electron chi connectivity index (χ3n) is 4.51. The highest BCUT2D eigenvalue weighted by Crippen LogP contribution is 2.31. The van der Waals surface area contributed by atoms with Gasteiger partial charge < -0.3 is 10.2 Å². The molecular formula is C15H26N2O3S. The van der Waals surface area contributed by atoms with E-state index in [4.69, 9.17) is 10.2 Å². The third-order valence-corrected chi connectivity index (χ3v) is 6.61. The summed E-state index contributed by atoms with van der Waals surface area (Å²) in [5, 5.41) is 0. The van der Waals surface area contributed by atoms with Gasteiger partial charge in [-0.25, -0.2) is 8.42 Å². The van der Waals surface area contributed by atoms with Crippen LogP contribution in [0.25, 0.3) is 0 Å². The second kappa shape index (κ2) is 6.50. The zero-order valence-electron chi connectivity index (χ0n) is 13.2. The van der Waals surface area contributed by atoms with E-state index in [1.807, 2.05) is 0 Å². The molecule has 2 N–H and O–H groups in total. The molecule has 1 aromatic heterocycles. The predicted molar refractivity (Wildman–Crippen MR) is 82.5 cm³/mol. The van der Waals surface area contributed by atoms with Crippen molar-refractivity contribution < 1.29 is 12.8 Å². The number of furan rings is 1. The van der Waals surface area contributed by atoms with E-state index in [2.05, 4.69) is 0 Å². The molecule has 1 aromatic rings. The Morgan fingerprint density at radius 2 is 1.71 bits per heavy atom. The van der Waals surface area contributed by atoms with E-state index in [9.17, 15) is 8.42 Å². The number of hydrogen-bond acceptors (Lipinski definition) is 4. The molecule has 0 aliphatic heterocycles. The molecule has 6 heteroatoms. The molecule has 0 spiro atoms. The lowest BCUT2D eigenvalue weighted by Crippen LogP contribution is -2.37. The van der Waals surface area contributed by atoms with Crippen LogP contribution < -0.4 is 5.73 Å². The summed E-state index contributed by atoms with van der Waals surface area (Å²) >= 11 is 0. The molecular weight excluding hydrogens is 288 g/mol. The molecule has 21 heavy (non-hydrogen) atoms. The van der Waals surface area contributed by atoms with Gasteiger partial charge in [-0.2, -0.15) is 4.31 Å². The Balaban J connectivity index is 2.37. The highest BCUT2D eigenvalue weighted by Gasteiger charge is 2.33. The van der Waals surface area contributed by atoms with E-state index < -0.39 is 10.0 Å². The van der Waals surface area contributed by atoms with Crippen molar-refractivity contribution in [1.29, 1.82) is 0 Å². The van der Waals surface area contributed by atoms with Crippen LogP contribution in [0.4, 0.5) is 0 Å². The number of hydrogen-bond donors (Lipinski definition) is 1. The fourth-order valence-electron chi connectivity index (χ4n) is 3.25. The molecule has 0 amide bonds. The lowest BCUT2D eigenvalue weighted by molar-refractivity contribution is 0.335. The lowest BCUT2D eigenvalue weighted by Gasteiger charge is -2.26. The molecule has 1 fully saturated rings. The molecule has 1 aliphatic carbocycles. The van der Waals surface area contributed by atoms with Crippen LogP contribution in [0, 0.1) is 13.8 Å². The topological polar surface area (TPSA) is 76.5 Å². The molecule has 0 aromatic carbocycles. The fourth-order valence-corrected chi connectivity index (χ4v) is 5.08. The Kier molecular flexibility index (Phi) is 5.11. The van der Waals surface area contributed by atoms with Crippen LogP contribution in [0.15, 0.2) is 9.31 Å². The summed E-state index contributed by atoms with van der Waals surface area (Å²) in [6.07, 6.45) is 6.45. The van der Waals surface area contributed by atoms with Crippen molar-refractivity contribution in [3.63, 3.8) is 0 Å². The smallest absolute Gasteiger partial charge is 0.246 e. The number of rotatable bonds is 4. The van der Waals surface area contributed by atoms with Gasteiger partial charge in [0.05, 0.1) is 0 Å². The van der Waals surface area contributed by atoms with Crippen LogP contribution >= 0.6 is 0 Å². The summed E-state index contributed by atoms with van der Waals surface area (Å²) in [5.74, 6) is 1.04. The van der Waals surface area contributed by atoms with Crippen LogP contribution in [-0.4, -0.2) is 25.8 Å². The summed E-state index contributed by atoms with van der Waals surface area (Å²) in [7, 11) is -1.86. The predicted octanol–water partition coefficient (Wildman–Crippen LogP) is 2.70. The zero-order chi connectivity index (χ0) is 15.6. The molecule has 120 valence electrons. The van der Waals surface area contributed by atoms with E-state index in [0.29, 0.717) is 17.1 Å². The van der Waals surface area contributed by atoms with E-state index in [1.165, 1.54) is 17.1 Å². The highest BCUT2D eigenvalue weighted by molar-refractivity contribution is 7.89. The van der Waals surface area contributed by atoms with Crippen molar-refractivity contribution >= 4 is 10.0 Å². The van der Waals surface area contributed by atoms with Gasteiger partial charge in [0.25, 0.3) is 0 Å². The van der Waals surface area contributed by atoms with Crippen LogP contribution in [-0.2, 0) is 16.6 Å². The molecule has 0 saturated heterocycles. The molecule has 1 aliphatic rings. The Morgan fingerprint density at radius 3 is 2.24 bits per heavy atom. The van der Waals surface area contributed by atoms with Gasteiger partial charge in [0.15, 0.2) is 0 Å². The quantitative estimate of drug-likeness (QED) is 0.867. The van der Waals surface area contributed by atoms with E-state index in [0.717, 1.165) is 25.7 Å². The Hall–Kier alpha value is -0.850. The maximum atomic E-state index is 13.0. The summed E-state index contributed by atoms with van der Waals surface area (Å²) in [6.45, 7) is 3.64. The largest absolute Gasteiger partial charge is 0.465 e. The summed E-state index contributed by atoms with van der Waals surface area (Å²) in [5.41, 5.74) is 6.33. The van der Waals surface area contributed by atoms with Gasteiger partial charge in [0.2, 0.25) is 10.0 Å². The maximum Gasteiger partial charge on any atom is 0.246 e. The first-order valence-electron chi connectivity index (χ1n) is 7.66. The standard InChI is InChI=1S/C15H26N2O3S/c1-11-14(10-16)15(12(2)20-11)21(18,19)17(3)13-8-6-4-5-7-9-13/h13H,4-10,16H2,1-3H3. The second-order valence-corrected chi connectivity index (χ2v) is 7.83. The minimum atomic E-state index is -3.55. The van der Waals surface area contributed by atoms with E-state index in [1.54, 1.807) is 20.9 Å². The molecule has 2 rings (SSSR count). The molecule has 1 heterocycles. The van der Waals surface area contributed by atoms with Crippen LogP contribution in [0.1, 0.15) is 55.6 Å². The van der Waals surface area contributed by atoms with Crippen molar-refractivity contribution in [3.05, 3.63) is 17.1 Å². The molecule has 5 nitrogen and oxygen atoms in total. The van der Waals surface area contributed by atoms with Crippen molar-refractivity contribution in [3.8, 4) is 0 Å². The van der Waals surface area contributed by atoms with E-state index >= 15 is 0 Å². The summed E-state index contributed by atoms with van der Waals surface area (Å²) in [4.78, 5) is 0.272. The monoisotopic (exact) mass is 314 g/mol. The second-order valence-electron chi connectivity index (χ2n) is 5.89. The SMILES string of the molecule is Cc1oc(C)c(S(=O)(=O)N(C)C2CCCCCC2)c1CN. The average Bonchev–Trinajstić information content (AvgIpc) is 2.62. The van der Waals surface area contributed by atoms with Gasteiger partial charge in [0.1, 0.15) is 16.4 Å². The highest BCUT2D eigenvalue weighted by atomic mass is 32.2. The van der Waals surface area contributed by atoms with Crippen LogP contribution in [0.3, 0.4) is 0 Å². The number of nitrogens with zero attached hydrogens (tertiary/aromatic N) is 1. The van der Waals surface area contributed by atoms with Crippen molar-refractivity contribution in [2.45, 2.75) is 69.9 Å². The lowest BCUT2D eigenvalue weighted by atomic mass is 10.1. The van der Waals surface area contributed by atoms with Gasteiger partial charge in [0, 0.05) is 25.2 Å². The Morgan fingerprint density at radius 1 is 1.14 bits per heavy atom. The molecule has 1 saturated carbocycles. The Labute approximate surface area is 127 Å². The minimum absolute atomic E-state index is 0.0812. The summed E-state index contributed by atoms with van der Waals surface area (Å²) in [6, 6.07) is 0.0812. The minimum Gasteiger partial charge on any atom is -0.465 e. The first kappa shape index (κ1) is 16.5. The van der Waals surface area contributed by atoms with Gasteiger partial charge in [-0.3, -0.25) is 0 Å². The third kappa shape index (κ3) is 3.17. The van der Waals surface area contributed by atoms with Gasteiger partial charge in [-0.05, 0) is 26.7 Å². The van der Waals surface area contributed by atoms with Crippen molar-refractivity contribution in [1.82, 2.24) is 4.31 Å². The molecule has 0 unspecified atom stereocenters. The number of sulfonamides is 1. The van der Waals surface area contributed by atoms with Gasteiger partial charge in [-0.15, -0.1) is 0 Å². The van der Waals surface area contributed by atoms with Crippen molar-refractivity contribution in [2.24, 2.45) is 5.73 Å². The fraction of sp³-hybridized carbons (Fsp3) is 0.733. The van der Waals surface area contributed by atoms with Crippen molar-refractivity contribution in [2.75, 3.05) is 7.05 Å². The molecule has 0 bridgehead atoms. The van der Waals surface area contributed by atoms with E-state index in [-0.39, 0.29) is 17.5 Å². The first-order chi connectivity index (χ1) is 9.89.